The van der Waals surface area contributed by atoms with Crippen molar-refractivity contribution in [1.29, 1.82) is 0 Å². The van der Waals surface area contributed by atoms with Gasteiger partial charge in [-0.05, 0) is 43.6 Å². The molecule has 2 N–H and O–H groups in total. The zero-order chi connectivity index (χ0) is 13.1. The maximum Gasteiger partial charge on any atom is 0.130 e. The molecule has 18 heavy (non-hydrogen) atoms. The second-order valence-corrected chi connectivity index (χ2v) is 5.82. The Balaban J connectivity index is 2.07. The van der Waals surface area contributed by atoms with Crippen LogP contribution < -0.4 is 10.6 Å². The molecule has 1 aromatic rings. The Morgan fingerprint density at radius 3 is 2.78 bits per heavy atom. The summed E-state index contributed by atoms with van der Waals surface area (Å²) in [7, 11) is 0. The molecule has 1 atom stereocenters. The number of hydrogen-bond donors (Lipinski definition) is 1. The lowest BCUT2D eigenvalue weighted by Crippen LogP contribution is -2.25. The molecule has 2 heterocycles. The molecule has 1 saturated heterocycles. The largest absolute Gasteiger partial charge is 0.398 e. The molecule has 1 fully saturated rings. The molecule has 3 nitrogen and oxygen atoms in total. The average Bonchev–Trinajstić information content (AvgIpc) is 2.58. The molecule has 0 saturated carbocycles. The lowest BCUT2D eigenvalue weighted by Gasteiger charge is -2.23. The lowest BCUT2D eigenvalue weighted by molar-refractivity contribution is 0.351. The monoisotopic (exact) mass is 247 g/mol. The summed E-state index contributed by atoms with van der Waals surface area (Å²) in [6.45, 7) is 8.89. The molecule has 0 bridgehead atoms. The molecule has 0 spiro atoms. The highest BCUT2D eigenvalue weighted by molar-refractivity contribution is 5.54. The minimum absolute atomic E-state index is 0.793. The summed E-state index contributed by atoms with van der Waals surface area (Å²) in [5.41, 5.74) is 7.89. The Hall–Kier alpha value is -1.25. The van der Waals surface area contributed by atoms with Gasteiger partial charge >= 0.3 is 0 Å². The summed E-state index contributed by atoms with van der Waals surface area (Å²) >= 11 is 0. The van der Waals surface area contributed by atoms with Crippen molar-refractivity contribution in [3.63, 3.8) is 0 Å². The van der Waals surface area contributed by atoms with E-state index in [1.165, 1.54) is 19.3 Å². The molecule has 0 amide bonds. The summed E-state index contributed by atoms with van der Waals surface area (Å²) in [6, 6.07) is 2.02. The number of nitrogens with two attached hydrogens (primary N) is 1. The first kappa shape index (κ1) is 13.2. The highest BCUT2D eigenvalue weighted by atomic mass is 15.2. The van der Waals surface area contributed by atoms with Gasteiger partial charge in [0.15, 0.2) is 0 Å². The predicted molar refractivity (Wildman–Crippen MR) is 77.8 cm³/mol. The molecule has 1 aromatic heterocycles. The number of hydrogen-bond acceptors (Lipinski definition) is 3. The summed E-state index contributed by atoms with van der Waals surface area (Å²) in [6.07, 6.45) is 5.76. The molecule has 1 aliphatic rings. The van der Waals surface area contributed by atoms with Gasteiger partial charge in [-0.2, -0.15) is 0 Å². The van der Waals surface area contributed by atoms with Gasteiger partial charge in [0.2, 0.25) is 0 Å². The molecule has 1 aliphatic heterocycles. The highest BCUT2D eigenvalue weighted by Crippen LogP contribution is 2.27. The zero-order valence-electron chi connectivity index (χ0n) is 11.8. The Kier molecular flexibility index (Phi) is 4.10. The van der Waals surface area contributed by atoms with Crippen LogP contribution in [0.3, 0.4) is 0 Å². The van der Waals surface area contributed by atoms with Gasteiger partial charge < -0.3 is 10.6 Å². The first-order valence-electron chi connectivity index (χ1n) is 7.05. The van der Waals surface area contributed by atoms with Gasteiger partial charge in [0.25, 0.3) is 0 Å². The fraction of sp³-hybridized carbons (Fsp3) is 0.667. The number of anilines is 2. The molecule has 0 radical (unpaired) electrons. The standard InChI is InChI=1S/C15H25N3/c1-11(2)13-5-4-7-18(8-6-13)15-9-14(16)12(3)10-17-15/h9-11,13H,4-8H2,1-3H3,(H2,16,17). The van der Waals surface area contributed by atoms with Crippen LogP contribution >= 0.6 is 0 Å². The maximum atomic E-state index is 5.98. The van der Waals surface area contributed by atoms with Gasteiger partial charge in [0, 0.05) is 31.0 Å². The number of pyridine rings is 1. The minimum Gasteiger partial charge on any atom is -0.398 e. The molecule has 0 aliphatic carbocycles. The van der Waals surface area contributed by atoms with Crippen LogP contribution in [-0.2, 0) is 0 Å². The zero-order valence-corrected chi connectivity index (χ0v) is 11.8. The fourth-order valence-corrected chi connectivity index (χ4v) is 2.72. The number of nitrogens with zero attached hydrogens (tertiary/aromatic N) is 2. The van der Waals surface area contributed by atoms with Gasteiger partial charge in [-0.1, -0.05) is 13.8 Å². The van der Waals surface area contributed by atoms with E-state index >= 15 is 0 Å². The maximum absolute atomic E-state index is 5.98. The van der Waals surface area contributed by atoms with Gasteiger partial charge in [-0.3, -0.25) is 0 Å². The van der Waals surface area contributed by atoms with Crippen molar-refractivity contribution in [2.24, 2.45) is 11.8 Å². The van der Waals surface area contributed by atoms with Crippen LogP contribution in [0, 0.1) is 18.8 Å². The predicted octanol–water partition coefficient (Wildman–Crippen LogP) is 3.23. The van der Waals surface area contributed by atoms with Crippen molar-refractivity contribution in [2.45, 2.75) is 40.0 Å². The Morgan fingerprint density at radius 2 is 2.11 bits per heavy atom. The smallest absolute Gasteiger partial charge is 0.130 e. The highest BCUT2D eigenvalue weighted by Gasteiger charge is 2.20. The topological polar surface area (TPSA) is 42.2 Å². The first-order chi connectivity index (χ1) is 8.58. The van der Waals surface area contributed by atoms with Gasteiger partial charge in [0.1, 0.15) is 5.82 Å². The van der Waals surface area contributed by atoms with E-state index in [9.17, 15) is 0 Å². The minimum atomic E-state index is 0.793. The van der Waals surface area contributed by atoms with E-state index in [2.05, 4.69) is 23.7 Å². The van der Waals surface area contributed by atoms with Gasteiger partial charge in [0.05, 0.1) is 0 Å². The summed E-state index contributed by atoms with van der Waals surface area (Å²) < 4.78 is 0. The second kappa shape index (κ2) is 5.59. The second-order valence-electron chi connectivity index (χ2n) is 5.82. The summed E-state index contributed by atoms with van der Waals surface area (Å²) in [5, 5.41) is 0. The van der Waals surface area contributed by atoms with Crippen LogP contribution in [0.25, 0.3) is 0 Å². The molecular formula is C15H25N3. The molecule has 1 unspecified atom stereocenters. The van der Waals surface area contributed by atoms with Crippen molar-refractivity contribution in [1.82, 2.24) is 4.98 Å². The van der Waals surface area contributed by atoms with Crippen molar-refractivity contribution >= 4 is 11.5 Å². The third-order valence-electron chi connectivity index (χ3n) is 4.17. The van der Waals surface area contributed by atoms with Crippen LogP contribution in [0.5, 0.6) is 0 Å². The molecule has 100 valence electrons. The van der Waals surface area contributed by atoms with Gasteiger partial charge in [-0.15, -0.1) is 0 Å². The first-order valence-corrected chi connectivity index (χ1v) is 7.05. The van der Waals surface area contributed by atoms with Crippen molar-refractivity contribution in [2.75, 3.05) is 23.7 Å². The quantitative estimate of drug-likeness (QED) is 0.872. The number of nitrogen functional groups attached to an aromatic ring is 1. The normalized spacial score (nSPS) is 21.1. The van der Waals surface area contributed by atoms with Crippen LogP contribution in [0.15, 0.2) is 12.3 Å². The SMILES string of the molecule is Cc1cnc(N2CCCC(C(C)C)CC2)cc1N. The van der Waals surface area contributed by atoms with Crippen LogP contribution in [0.4, 0.5) is 11.5 Å². The van der Waals surface area contributed by atoms with Crippen LogP contribution in [-0.4, -0.2) is 18.1 Å². The Bertz CT molecular complexity index is 401. The average molecular weight is 247 g/mol. The third-order valence-corrected chi connectivity index (χ3v) is 4.17. The molecule has 2 rings (SSSR count). The Morgan fingerprint density at radius 1 is 1.33 bits per heavy atom. The van der Waals surface area contributed by atoms with Gasteiger partial charge in [-0.25, -0.2) is 4.98 Å². The molecular weight excluding hydrogens is 222 g/mol. The van der Waals surface area contributed by atoms with E-state index in [1.54, 1.807) is 0 Å². The van der Waals surface area contributed by atoms with E-state index < -0.39 is 0 Å². The number of aromatic nitrogens is 1. The third kappa shape index (κ3) is 2.95. The van der Waals surface area contributed by atoms with Crippen LogP contribution in [0.1, 0.15) is 38.7 Å². The fourth-order valence-electron chi connectivity index (χ4n) is 2.72. The number of rotatable bonds is 2. The molecule has 0 aromatic carbocycles. The Labute approximate surface area is 110 Å². The van der Waals surface area contributed by atoms with E-state index in [-0.39, 0.29) is 0 Å². The van der Waals surface area contributed by atoms with Crippen molar-refractivity contribution in [3.8, 4) is 0 Å². The van der Waals surface area contributed by atoms with Crippen LogP contribution in [0.2, 0.25) is 0 Å². The lowest BCUT2D eigenvalue weighted by atomic mass is 9.89. The van der Waals surface area contributed by atoms with E-state index in [4.69, 9.17) is 5.73 Å². The van der Waals surface area contributed by atoms with Crippen molar-refractivity contribution in [3.05, 3.63) is 17.8 Å². The summed E-state index contributed by atoms with van der Waals surface area (Å²) in [5.74, 6) is 2.70. The molecule has 3 heteroatoms. The van der Waals surface area contributed by atoms with E-state index in [0.717, 1.165) is 42.0 Å². The van der Waals surface area contributed by atoms with E-state index in [1.807, 2.05) is 19.2 Å². The number of aryl methyl sites for hydroxylation is 1. The van der Waals surface area contributed by atoms with Crippen molar-refractivity contribution < 1.29 is 0 Å². The van der Waals surface area contributed by atoms with E-state index in [0.29, 0.717) is 0 Å². The summed E-state index contributed by atoms with van der Waals surface area (Å²) in [4.78, 5) is 6.91.